The van der Waals surface area contributed by atoms with Crippen LogP contribution in [0, 0.1) is 3.57 Å². The van der Waals surface area contributed by atoms with Crippen molar-refractivity contribution in [2.45, 2.75) is 4.90 Å². The van der Waals surface area contributed by atoms with Gasteiger partial charge < -0.3 is 4.90 Å². The number of benzene rings is 1. The molecule has 0 bridgehead atoms. The van der Waals surface area contributed by atoms with E-state index in [0.29, 0.717) is 18.7 Å². The van der Waals surface area contributed by atoms with Gasteiger partial charge in [-0.25, -0.2) is 12.7 Å². The van der Waals surface area contributed by atoms with Gasteiger partial charge in [0, 0.05) is 42.3 Å². The Hall–Kier alpha value is -0.320. The summed E-state index contributed by atoms with van der Waals surface area (Å²) in [4.78, 5) is 14.5. The number of hydrogen-bond acceptors (Lipinski definition) is 4. The molecule has 1 aliphatic rings. The number of thioether (sulfide) groups is 1. The van der Waals surface area contributed by atoms with E-state index in [1.807, 2.05) is 11.8 Å². The zero-order valence-corrected chi connectivity index (χ0v) is 15.7. The van der Waals surface area contributed by atoms with Crippen molar-refractivity contribution < 1.29 is 13.2 Å². The first kappa shape index (κ1) is 17.0. The molecule has 8 heteroatoms. The molecular formula is C13H17IN2O3S2. The number of halogens is 1. The second kappa shape index (κ2) is 6.84. The Bertz CT molecular complexity index is 641. The minimum absolute atomic E-state index is 0.0875. The van der Waals surface area contributed by atoms with Crippen LogP contribution in [-0.4, -0.2) is 62.2 Å². The number of amides is 1. The first-order chi connectivity index (χ1) is 9.84. The third kappa shape index (κ3) is 3.72. The van der Waals surface area contributed by atoms with Gasteiger partial charge in [0.25, 0.3) is 5.91 Å². The molecule has 1 amide bonds. The first-order valence-electron chi connectivity index (χ1n) is 6.43. The van der Waals surface area contributed by atoms with Crippen LogP contribution in [0.1, 0.15) is 10.4 Å². The standard InChI is InChI=1S/C13H17IN2O3S2/c1-15(2)21(18,19)10-3-4-12(14)11(9-10)13(17)16-5-7-20-8-6-16/h3-4,9H,5-8H2,1-2H3. The molecule has 1 aromatic carbocycles. The average Bonchev–Trinajstić information content (AvgIpc) is 2.47. The van der Waals surface area contributed by atoms with Crippen molar-refractivity contribution in [3.05, 3.63) is 27.3 Å². The molecule has 0 aromatic heterocycles. The Morgan fingerprint density at radius 2 is 1.90 bits per heavy atom. The molecule has 1 fully saturated rings. The van der Waals surface area contributed by atoms with Crippen molar-refractivity contribution in [2.75, 3.05) is 38.7 Å². The summed E-state index contributed by atoms with van der Waals surface area (Å²) in [6.07, 6.45) is 0. The minimum atomic E-state index is -3.53. The van der Waals surface area contributed by atoms with Crippen LogP contribution < -0.4 is 0 Å². The Morgan fingerprint density at radius 3 is 2.48 bits per heavy atom. The second-order valence-corrected chi connectivity index (χ2v) is 9.37. The Morgan fingerprint density at radius 1 is 1.29 bits per heavy atom. The highest BCUT2D eigenvalue weighted by Crippen LogP contribution is 2.22. The lowest BCUT2D eigenvalue weighted by atomic mass is 10.2. The molecule has 0 spiro atoms. The Kier molecular flexibility index (Phi) is 5.55. The molecule has 0 saturated carbocycles. The second-order valence-electron chi connectivity index (χ2n) is 4.83. The highest BCUT2D eigenvalue weighted by atomic mass is 127. The number of carbonyl (C=O) groups is 1. The van der Waals surface area contributed by atoms with Gasteiger partial charge in [0.05, 0.1) is 10.5 Å². The van der Waals surface area contributed by atoms with Gasteiger partial charge in [-0.3, -0.25) is 4.79 Å². The highest BCUT2D eigenvalue weighted by Gasteiger charge is 2.24. The molecule has 1 heterocycles. The van der Waals surface area contributed by atoms with Crippen molar-refractivity contribution in [1.82, 2.24) is 9.21 Å². The molecule has 0 N–H and O–H groups in total. The van der Waals surface area contributed by atoms with Gasteiger partial charge in [-0.05, 0) is 40.8 Å². The maximum absolute atomic E-state index is 12.6. The summed E-state index contributed by atoms with van der Waals surface area (Å²) < 4.78 is 26.3. The summed E-state index contributed by atoms with van der Waals surface area (Å²) in [5.74, 6) is 1.77. The van der Waals surface area contributed by atoms with Crippen LogP contribution in [0.5, 0.6) is 0 Å². The van der Waals surface area contributed by atoms with Gasteiger partial charge in [0.2, 0.25) is 10.0 Å². The normalized spacial score (nSPS) is 16.3. The quantitative estimate of drug-likeness (QED) is 0.672. The van der Waals surface area contributed by atoms with E-state index < -0.39 is 10.0 Å². The maximum Gasteiger partial charge on any atom is 0.255 e. The summed E-state index contributed by atoms with van der Waals surface area (Å²) in [6, 6.07) is 4.71. The van der Waals surface area contributed by atoms with Gasteiger partial charge in [-0.15, -0.1) is 0 Å². The van der Waals surface area contributed by atoms with E-state index in [1.54, 1.807) is 17.0 Å². The van der Waals surface area contributed by atoms with E-state index in [1.165, 1.54) is 20.2 Å². The van der Waals surface area contributed by atoms with Crippen molar-refractivity contribution in [1.29, 1.82) is 0 Å². The fraction of sp³-hybridized carbons (Fsp3) is 0.462. The summed E-state index contributed by atoms with van der Waals surface area (Å²) in [5.41, 5.74) is 0.463. The Balaban J connectivity index is 2.37. The first-order valence-corrected chi connectivity index (χ1v) is 10.1. The summed E-state index contributed by atoms with van der Waals surface area (Å²) >= 11 is 3.90. The smallest absolute Gasteiger partial charge is 0.255 e. The fourth-order valence-electron chi connectivity index (χ4n) is 1.98. The van der Waals surface area contributed by atoms with Crippen molar-refractivity contribution in [3.8, 4) is 0 Å². The molecule has 1 aliphatic heterocycles. The number of nitrogens with zero attached hydrogens (tertiary/aromatic N) is 2. The molecule has 0 radical (unpaired) electrons. The molecule has 5 nitrogen and oxygen atoms in total. The van der Waals surface area contributed by atoms with Crippen molar-refractivity contribution in [3.63, 3.8) is 0 Å². The van der Waals surface area contributed by atoms with Crippen molar-refractivity contribution in [2.24, 2.45) is 0 Å². The predicted octanol–water partition coefficient (Wildman–Crippen LogP) is 1.73. The molecule has 1 aromatic rings. The summed E-state index contributed by atoms with van der Waals surface area (Å²) in [5, 5.41) is 0. The van der Waals surface area contributed by atoms with Gasteiger partial charge in [-0.2, -0.15) is 11.8 Å². The van der Waals surface area contributed by atoms with E-state index in [-0.39, 0.29) is 10.8 Å². The molecule has 0 atom stereocenters. The zero-order chi connectivity index (χ0) is 15.6. The van der Waals surface area contributed by atoms with Gasteiger partial charge >= 0.3 is 0 Å². The van der Waals surface area contributed by atoms with Crippen LogP contribution in [0.2, 0.25) is 0 Å². The molecule has 0 unspecified atom stereocenters. The number of rotatable bonds is 3. The molecule has 0 aliphatic carbocycles. The van der Waals surface area contributed by atoms with Crippen LogP contribution in [0.15, 0.2) is 23.1 Å². The average molecular weight is 440 g/mol. The lowest BCUT2D eigenvalue weighted by Crippen LogP contribution is -2.38. The number of sulfonamides is 1. The van der Waals surface area contributed by atoms with E-state index in [0.717, 1.165) is 19.4 Å². The lowest BCUT2D eigenvalue weighted by Gasteiger charge is -2.27. The van der Waals surface area contributed by atoms with E-state index in [9.17, 15) is 13.2 Å². The van der Waals surface area contributed by atoms with Crippen LogP contribution in [-0.2, 0) is 10.0 Å². The maximum atomic E-state index is 12.6. The van der Waals surface area contributed by atoms with Crippen LogP contribution in [0.3, 0.4) is 0 Å². The van der Waals surface area contributed by atoms with Crippen molar-refractivity contribution >= 4 is 50.3 Å². The van der Waals surface area contributed by atoms with Crippen LogP contribution in [0.25, 0.3) is 0 Å². The predicted molar refractivity (Wildman–Crippen MR) is 93.3 cm³/mol. The molecule has 21 heavy (non-hydrogen) atoms. The number of carbonyl (C=O) groups excluding carboxylic acids is 1. The highest BCUT2D eigenvalue weighted by molar-refractivity contribution is 14.1. The van der Waals surface area contributed by atoms with E-state index in [2.05, 4.69) is 22.6 Å². The van der Waals surface area contributed by atoms with Crippen LogP contribution >= 0.6 is 34.4 Å². The third-order valence-corrected chi connectivity index (χ3v) is 6.94. The fourth-order valence-corrected chi connectivity index (χ4v) is 4.37. The molecular weight excluding hydrogens is 423 g/mol. The van der Waals surface area contributed by atoms with Gasteiger partial charge in [0.1, 0.15) is 0 Å². The monoisotopic (exact) mass is 440 g/mol. The van der Waals surface area contributed by atoms with E-state index >= 15 is 0 Å². The molecule has 116 valence electrons. The minimum Gasteiger partial charge on any atom is -0.337 e. The third-order valence-electron chi connectivity index (χ3n) is 3.25. The van der Waals surface area contributed by atoms with E-state index in [4.69, 9.17) is 0 Å². The Labute approximate surface area is 143 Å². The van der Waals surface area contributed by atoms with Crippen LogP contribution in [0.4, 0.5) is 0 Å². The van der Waals surface area contributed by atoms with Gasteiger partial charge in [0.15, 0.2) is 0 Å². The van der Waals surface area contributed by atoms with Gasteiger partial charge in [-0.1, -0.05) is 0 Å². The molecule has 1 saturated heterocycles. The lowest BCUT2D eigenvalue weighted by molar-refractivity contribution is 0.0771. The topological polar surface area (TPSA) is 57.7 Å². The zero-order valence-electron chi connectivity index (χ0n) is 11.9. The SMILES string of the molecule is CN(C)S(=O)(=O)c1ccc(I)c(C(=O)N2CCSCC2)c1. The number of hydrogen-bond donors (Lipinski definition) is 0. The summed E-state index contributed by atoms with van der Waals surface area (Å²) in [6.45, 7) is 1.43. The largest absolute Gasteiger partial charge is 0.337 e. The molecule has 2 rings (SSSR count). The summed E-state index contributed by atoms with van der Waals surface area (Å²) in [7, 11) is -0.560.